The lowest BCUT2D eigenvalue weighted by Crippen LogP contribution is -1.98. The third kappa shape index (κ3) is 1.04. The maximum absolute atomic E-state index is 11.0. The van der Waals surface area contributed by atoms with Gasteiger partial charge in [-0.2, -0.15) is 0 Å². The molecule has 0 N–H and O–H groups in total. The Morgan fingerprint density at radius 2 is 2.08 bits per heavy atom. The van der Waals surface area contributed by atoms with Crippen molar-refractivity contribution in [3.63, 3.8) is 0 Å². The van der Waals surface area contributed by atoms with E-state index in [1.54, 1.807) is 0 Å². The molecule has 2 heterocycles. The van der Waals surface area contributed by atoms with Crippen LogP contribution < -0.4 is 0 Å². The van der Waals surface area contributed by atoms with E-state index in [0.29, 0.717) is 5.69 Å². The van der Waals surface area contributed by atoms with Gasteiger partial charge in [-0.25, -0.2) is 14.8 Å². The van der Waals surface area contributed by atoms with E-state index in [1.807, 2.05) is 0 Å². The number of carbonyl (C=O) groups excluding carboxylic acids is 1. The SMILES string of the molecule is O=C1OCc2nc(Cl)nc(Cl)c21. The van der Waals surface area contributed by atoms with Crippen molar-refractivity contribution in [3.05, 3.63) is 21.7 Å². The summed E-state index contributed by atoms with van der Waals surface area (Å²) in [7, 11) is 0. The van der Waals surface area contributed by atoms with E-state index in [0.717, 1.165) is 0 Å². The van der Waals surface area contributed by atoms with Gasteiger partial charge < -0.3 is 4.74 Å². The number of fused-ring (bicyclic) bond motifs is 1. The number of hydrogen-bond acceptors (Lipinski definition) is 4. The van der Waals surface area contributed by atoms with Crippen LogP contribution in [0.3, 0.4) is 0 Å². The van der Waals surface area contributed by atoms with Crippen LogP contribution in [0.25, 0.3) is 0 Å². The molecule has 0 aliphatic carbocycles. The first-order valence-corrected chi connectivity index (χ1v) is 3.83. The molecule has 0 unspecified atom stereocenters. The fourth-order valence-corrected chi connectivity index (χ4v) is 1.46. The number of halogens is 2. The molecule has 12 heavy (non-hydrogen) atoms. The number of aromatic nitrogens is 2. The number of esters is 1. The predicted octanol–water partition coefficient (Wildman–Crippen LogP) is 1.45. The number of cyclic esters (lactones) is 1. The van der Waals surface area contributed by atoms with Crippen molar-refractivity contribution < 1.29 is 9.53 Å². The first-order valence-electron chi connectivity index (χ1n) is 3.07. The van der Waals surface area contributed by atoms with Gasteiger partial charge in [0, 0.05) is 0 Å². The summed E-state index contributed by atoms with van der Waals surface area (Å²) in [5, 5.41) is 0.0737. The fraction of sp³-hybridized carbons (Fsp3) is 0.167. The molecule has 0 radical (unpaired) electrons. The molecule has 0 aromatic carbocycles. The molecule has 0 saturated heterocycles. The zero-order valence-electron chi connectivity index (χ0n) is 5.67. The van der Waals surface area contributed by atoms with Gasteiger partial charge in [-0.05, 0) is 11.6 Å². The van der Waals surface area contributed by atoms with Crippen molar-refractivity contribution in [1.82, 2.24) is 9.97 Å². The molecule has 1 aromatic rings. The molecular weight excluding hydrogens is 203 g/mol. The lowest BCUT2D eigenvalue weighted by atomic mass is 10.3. The van der Waals surface area contributed by atoms with E-state index >= 15 is 0 Å². The summed E-state index contributed by atoms with van der Waals surface area (Å²) < 4.78 is 4.67. The summed E-state index contributed by atoms with van der Waals surface area (Å²) in [6.07, 6.45) is 0. The summed E-state index contributed by atoms with van der Waals surface area (Å²) in [5.74, 6) is -0.494. The lowest BCUT2D eigenvalue weighted by Gasteiger charge is -1.95. The highest BCUT2D eigenvalue weighted by Gasteiger charge is 2.27. The van der Waals surface area contributed by atoms with E-state index in [1.165, 1.54) is 0 Å². The smallest absolute Gasteiger partial charge is 0.343 e. The molecule has 0 atom stereocenters. The van der Waals surface area contributed by atoms with Crippen LogP contribution in [-0.4, -0.2) is 15.9 Å². The van der Waals surface area contributed by atoms with Crippen molar-refractivity contribution in [1.29, 1.82) is 0 Å². The quantitative estimate of drug-likeness (QED) is 0.365. The van der Waals surface area contributed by atoms with E-state index in [2.05, 4.69) is 14.7 Å². The van der Waals surface area contributed by atoms with Gasteiger partial charge >= 0.3 is 5.97 Å². The summed E-state index contributed by atoms with van der Waals surface area (Å²) in [6, 6.07) is 0. The highest BCUT2D eigenvalue weighted by molar-refractivity contribution is 6.34. The maximum atomic E-state index is 11.0. The Morgan fingerprint density at radius 1 is 1.33 bits per heavy atom. The van der Waals surface area contributed by atoms with Gasteiger partial charge in [0.25, 0.3) is 0 Å². The molecule has 1 aliphatic heterocycles. The minimum Gasteiger partial charge on any atom is -0.455 e. The second-order valence-electron chi connectivity index (χ2n) is 2.18. The summed E-state index contributed by atoms with van der Waals surface area (Å²) in [4.78, 5) is 18.4. The predicted molar refractivity (Wildman–Crippen MR) is 41.2 cm³/mol. The number of ether oxygens (including phenoxy) is 1. The highest BCUT2D eigenvalue weighted by atomic mass is 35.5. The molecule has 0 spiro atoms. The van der Waals surface area contributed by atoms with Crippen LogP contribution in [0.2, 0.25) is 10.4 Å². The lowest BCUT2D eigenvalue weighted by molar-refractivity contribution is 0.0533. The van der Waals surface area contributed by atoms with Crippen molar-refractivity contribution >= 4 is 29.2 Å². The third-order valence-corrected chi connectivity index (χ3v) is 1.90. The van der Waals surface area contributed by atoms with Crippen LogP contribution in [0.1, 0.15) is 16.1 Å². The summed E-state index contributed by atoms with van der Waals surface area (Å²) >= 11 is 11.1. The topological polar surface area (TPSA) is 52.1 Å². The molecule has 0 fully saturated rings. The Bertz CT molecular complexity index is 367. The second kappa shape index (κ2) is 2.57. The van der Waals surface area contributed by atoms with Crippen molar-refractivity contribution in [2.45, 2.75) is 6.61 Å². The van der Waals surface area contributed by atoms with Crippen molar-refractivity contribution in [2.24, 2.45) is 0 Å². The molecule has 0 amide bonds. The average molecular weight is 205 g/mol. The minimum atomic E-state index is -0.494. The first kappa shape index (κ1) is 7.76. The standard InChI is InChI=1S/C6H2Cl2N2O2/c7-4-3-2(1-12-5(3)11)9-6(8)10-4/h1H2. The number of rotatable bonds is 0. The summed E-state index contributed by atoms with van der Waals surface area (Å²) in [6.45, 7) is 0.121. The zero-order valence-corrected chi connectivity index (χ0v) is 7.19. The average Bonchev–Trinajstić information content (AvgIpc) is 2.31. The second-order valence-corrected chi connectivity index (χ2v) is 2.88. The van der Waals surface area contributed by atoms with Gasteiger partial charge in [0.15, 0.2) is 0 Å². The van der Waals surface area contributed by atoms with Crippen LogP contribution in [-0.2, 0) is 11.3 Å². The molecule has 2 rings (SSSR count). The monoisotopic (exact) mass is 204 g/mol. The van der Waals surface area contributed by atoms with Crippen LogP contribution in [0.15, 0.2) is 0 Å². The number of carbonyl (C=O) groups is 1. The van der Waals surface area contributed by atoms with E-state index in [-0.39, 0.29) is 22.6 Å². The maximum Gasteiger partial charge on any atom is 0.343 e. The third-order valence-electron chi connectivity index (χ3n) is 1.46. The molecule has 62 valence electrons. The minimum absolute atomic E-state index is 0.0250. The summed E-state index contributed by atoms with van der Waals surface area (Å²) in [5.41, 5.74) is 0.672. The van der Waals surface area contributed by atoms with Gasteiger partial charge in [-0.3, -0.25) is 0 Å². The van der Waals surface area contributed by atoms with Gasteiger partial charge in [-0.15, -0.1) is 0 Å². The Labute approximate surface area is 77.5 Å². The van der Waals surface area contributed by atoms with Crippen molar-refractivity contribution in [3.8, 4) is 0 Å². The fourth-order valence-electron chi connectivity index (χ4n) is 0.961. The van der Waals surface area contributed by atoms with E-state index < -0.39 is 5.97 Å². The van der Waals surface area contributed by atoms with Gasteiger partial charge in [0.1, 0.15) is 17.3 Å². The van der Waals surface area contributed by atoms with E-state index in [4.69, 9.17) is 23.2 Å². The first-order chi connectivity index (χ1) is 5.68. The Hall–Kier alpha value is -0.870. The Kier molecular flexibility index (Phi) is 1.66. The molecule has 0 saturated carbocycles. The molecule has 0 bridgehead atoms. The van der Waals surface area contributed by atoms with Crippen LogP contribution >= 0.6 is 23.2 Å². The van der Waals surface area contributed by atoms with Gasteiger partial charge in [0.05, 0.1) is 5.69 Å². The molecule has 6 heteroatoms. The highest BCUT2D eigenvalue weighted by Crippen LogP contribution is 2.25. The number of hydrogen-bond donors (Lipinski definition) is 0. The number of nitrogens with zero attached hydrogens (tertiary/aromatic N) is 2. The molecular formula is C6H2Cl2N2O2. The molecule has 4 nitrogen and oxygen atoms in total. The largest absolute Gasteiger partial charge is 0.455 e. The van der Waals surface area contributed by atoms with Crippen molar-refractivity contribution in [2.75, 3.05) is 0 Å². The van der Waals surface area contributed by atoms with Gasteiger partial charge in [0.2, 0.25) is 5.28 Å². The molecule has 1 aromatic heterocycles. The Balaban J connectivity index is 2.68. The van der Waals surface area contributed by atoms with E-state index in [9.17, 15) is 4.79 Å². The van der Waals surface area contributed by atoms with Gasteiger partial charge in [-0.1, -0.05) is 11.6 Å². The van der Waals surface area contributed by atoms with Crippen LogP contribution in [0.4, 0.5) is 0 Å². The normalized spacial score (nSPS) is 14.3. The zero-order chi connectivity index (χ0) is 8.72. The molecule has 1 aliphatic rings. The Morgan fingerprint density at radius 3 is 2.83 bits per heavy atom. The van der Waals surface area contributed by atoms with Crippen LogP contribution in [0, 0.1) is 0 Å². The van der Waals surface area contributed by atoms with Crippen LogP contribution in [0.5, 0.6) is 0 Å².